The van der Waals surface area contributed by atoms with Crippen LogP contribution < -0.4 is 5.32 Å². The molecule has 0 aliphatic rings. The topological polar surface area (TPSA) is 179 Å². The molecule has 0 saturated carbocycles. The Kier molecular flexibility index (Phi) is 16.0. The van der Waals surface area contributed by atoms with Gasteiger partial charge in [0.25, 0.3) is 10.2 Å². The van der Waals surface area contributed by atoms with E-state index >= 15 is 0 Å². The van der Waals surface area contributed by atoms with Crippen LogP contribution in [0.3, 0.4) is 0 Å². The van der Waals surface area contributed by atoms with Gasteiger partial charge in [-0.1, -0.05) is 0 Å². The molecule has 168 valence electrons. The van der Waals surface area contributed by atoms with Gasteiger partial charge in [0.15, 0.2) is 0 Å². The molecule has 29 heavy (non-hydrogen) atoms. The van der Waals surface area contributed by atoms with E-state index in [9.17, 15) is 29.8 Å². The van der Waals surface area contributed by atoms with Crippen LogP contribution in [0.5, 0.6) is 0 Å². The first kappa shape index (κ1) is 26.4. The van der Waals surface area contributed by atoms with Gasteiger partial charge in [0.2, 0.25) is 0 Å². The highest BCUT2D eigenvalue weighted by molar-refractivity contribution is 7.98. The number of alkyl carbamates (subject to hydrolysis) is 1. The summed E-state index contributed by atoms with van der Waals surface area (Å²) >= 11 is 1.48. The fourth-order valence-corrected chi connectivity index (χ4v) is 2.22. The van der Waals surface area contributed by atoms with Crippen molar-refractivity contribution in [2.75, 3.05) is 51.6 Å². The van der Waals surface area contributed by atoms with Gasteiger partial charge in [0.05, 0.1) is 26.4 Å². The minimum Gasteiger partial charge on any atom is -0.464 e. The average molecular weight is 443 g/mol. The molecule has 0 fully saturated rings. The van der Waals surface area contributed by atoms with Crippen molar-refractivity contribution in [2.24, 2.45) is 0 Å². The van der Waals surface area contributed by atoms with Crippen LogP contribution in [0.25, 0.3) is 0 Å². The zero-order chi connectivity index (χ0) is 21.9. The molecular weight excluding hydrogens is 418 g/mol. The molecule has 0 radical (unpaired) electrons. The number of ether oxygens (including phenoxy) is 3. The maximum absolute atomic E-state index is 12.1. The lowest BCUT2D eigenvalue weighted by Gasteiger charge is -2.17. The van der Waals surface area contributed by atoms with E-state index in [1.54, 1.807) is 0 Å². The summed E-state index contributed by atoms with van der Waals surface area (Å²) in [6.45, 7) is -0.454. The highest BCUT2D eigenvalue weighted by Gasteiger charge is 2.22. The molecular formula is C14H25N3O11S. The monoisotopic (exact) mass is 443 g/mol. The van der Waals surface area contributed by atoms with Gasteiger partial charge in [-0.05, 0) is 31.3 Å². The predicted octanol–water partition coefficient (Wildman–Crippen LogP) is 0.591. The molecule has 1 N–H and O–H groups in total. The normalized spacial score (nSPS) is 11.2. The maximum atomic E-state index is 12.1. The number of rotatable bonds is 18. The number of thioether (sulfide) groups is 1. The summed E-state index contributed by atoms with van der Waals surface area (Å²) in [5.41, 5.74) is 0. The SMILES string of the molecule is CSCCC(NC(=O)OCCOCCO[N+](=O)[O-])C(=O)OCCCCO[N+](=O)[O-]. The first-order valence-corrected chi connectivity index (χ1v) is 9.97. The van der Waals surface area contributed by atoms with Crippen LogP contribution in [0, 0.1) is 20.2 Å². The third kappa shape index (κ3) is 17.3. The summed E-state index contributed by atoms with van der Waals surface area (Å²) in [4.78, 5) is 52.0. The summed E-state index contributed by atoms with van der Waals surface area (Å²) in [5.74, 6) is -0.0459. The molecule has 15 heteroatoms. The van der Waals surface area contributed by atoms with E-state index in [0.717, 1.165) is 0 Å². The van der Waals surface area contributed by atoms with E-state index in [0.29, 0.717) is 25.0 Å². The zero-order valence-electron chi connectivity index (χ0n) is 15.9. The molecule has 0 aromatic rings. The zero-order valence-corrected chi connectivity index (χ0v) is 16.8. The summed E-state index contributed by atoms with van der Waals surface area (Å²) in [7, 11) is 0. The Balaban J connectivity index is 4.04. The summed E-state index contributed by atoms with van der Waals surface area (Å²) in [5, 5.41) is 20.5. The van der Waals surface area contributed by atoms with Crippen molar-refractivity contribution in [1.29, 1.82) is 0 Å². The fourth-order valence-electron chi connectivity index (χ4n) is 1.75. The van der Waals surface area contributed by atoms with Crippen LogP contribution in [0.4, 0.5) is 4.79 Å². The van der Waals surface area contributed by atoms with Crippen molar-refractivity contribution in [3.63, 3.8) is 0 Å². The number of carbonyl (C=O) groups is 2. The first-order valence-electron chi connectivity index (χ1n) is 8.58. The molecule has 0 bridgehead atoms. The average Bonchev–Trinajstić information content (AvgIpc) is 2.66. The van der Waals surface area contributed by atoms with E-state index in [-0.39, 0.29) is 39.6 Å². The lowest BCUT2D eigenvalue weighted by atomic mass is 10.2. The third-order valence-corrected chi connectivity index (χ3v) is 3.70. The van der Waals surface area contributed by atoms with Crippen molar-refractivity contribution < 1.29 is 43.6 Å². The highest BCUT2D eigenvalue weighted by Crippen LogP contribution is 2.04. The Morgan fingerprint density at radius 3 is 2.21 bits per heavy atom. The first-order chi connectivity index (χ1) is 13.9. The van der Waals surface area contributed by atoms with Crippen molar-refractivity contribution in [1.82, 2.24) is 5.32 Å². The Labute approximate surface area is 170 Å². The van der Waals surface area contributed by atoms with Gasteiger partial charge >= 0.3 is 12.1 Å². The molecule has 0 rings (SSSR count). The second-order valence-electron chi connectivity index (χ2n) is 5.21. The van der Waals surface area contributed by atoms with Crippen molar-refractivity contribution in [2.45, 2.75) is 25.3 Å². The van der Waals surface area contributed by atoms with Gasteiger partial charge in [-0.25, -0.2) is 9.59 Å². The Morgan fingerprint density at radius 2 is 1.55 bits per heavy atom. The smallest absolute Gasteiger partial charge is 0.407 e. The predicted molar refractivity (Wildman–Crippen MR) is 98.2 cm³/mol. The molecule has 1 atom stereocenters. The molecule has 0 aromatic carbocycles. The van der Waals surface area contributed by atoms with Gasteiger partial charge in [-0.3, -0.25) is 0 Å². The van der Waals surface area contributed by atoms with Crippen molar-refractivity contribution in [3.05, 3.63) is 20.2 Å². The standard InChI is InChI=1S/C14H25N3O11S/c1-29-11-4-12(13(18)25-5-2-3-6-27-16(20)21)15-14(19)26-9-7-24-8-10-28-17(22)23/h12H,2-11H2,1H3,(H,15,19). The van der Waals surface area contributed by atoms with E-state index in [4.69, 9.17) is 14.2 Å². The minimum atomic E-state index is -0.943. The highest BCUT2D eigenvalue weighted by atomic mass is 32.2. The number of nitrogens with zero attached hydrogens (tertiary/aromatic N) is 2. The van der Waals surface area contributed by atoms with Gasteiger partial charge in [0, 0.05) is 0 Å². The Hall–Kier alpha value is -2.55. The minimum absolute atomic E-state index is 0.000634. The molecule has 0 saturated heterocycles. The molecule has 0 aliphatic carbocycles. The van der Waals surface area contributed by atoms with Crippen LogP contribution in [0.1, 0.15) is 19.3 Å². The molecule has 1 unspecified atom stereocenters. The molecule has 1 amide bonds. The number of esters is 1. The van der Waals surface area contributed by atoms with Gasteiger partial charge in [-0.2, -0.15) is 11.8 Å². The molecule has 0 aliphatic heterocycles. The van der Waals surface area contributed by atoms with Crippen molar-refractivity contribution >= 4 is 23.8 Å². The number of amides is 1. The largest absolute Gasteiger partial charge is 0.464 e. The summed E-state index contributed by atoms with van der Waals surface area (Å²) < 4.78 is 14.9. The lowest BCUT2D eigenvalue weighted by Crippen LogP contribution is -2.43. The van der Waals surface area contributed by atoms with Crippen molar-refractivity contribution in [3.8, 4) is 0 Å². The van der Waals surface area contributed by atoms with Crippen LogP contribution in [0.15, 0.2) is 0 Å². The van der Waals surface area contributed by atoms with E-state index < -0.39 is 28.3 Å². The van der Waals surface area contributed by atoms with E-state index in [1.807, 2.05) is 6.26 Å². The van der Waals surface area contributed by atoms with E-state index in [2.05, 4.69) is 15.0 Å². The number of unbranched alkanes of at least 4 members (excludes halogenated alkanes) is 1. The number of carbonyl (C=O) groups excluding carboxylic acids is 2. The van der Waals surface area contributed by atoms with Gasteiger partial charge in [-0.15, -0.1) is 20.2 Å². The Morgan fingerprint density at radius 1 is 0.931 bits per heavy atom. The maximum Gasteiger partial charge on any atom is 0.407 e. The molecule has 0 aromatic heterocycles. The fraction of sp³-hybridized carbons (Fsp3) is 0.857. The van der Waals surface area contributed by atoms with Gasteiger partial charge < -0.3 is 29.2 Å². The Bertz CT molecular complexity index is 509. The number of hydrogen-bond donors (Lipinski definition) is 1. The van der Waals surface area contributed by atoms with Crippen LogP contribution in [0.2, 0.25) is 0 Å². The van der Waals surface area contributed by atoms with Gasteiger partial charge in [0.1, 0.15) is 19.3 Å². The van der Waals surface area contributed by atoms with E-state index in [1.165, 1.54) is 11.8 Å². The molecule has 14 nitrogen and oxygen atoms in total. The summed E-state index contributed by atoms with van der Waals surface area (Å²) in [6, 6.07) is -0.903. The van der Waals surface area contributed by atoms with Crippen LogP contribution >= 0.6 is 11.8 Å². The van der Waals surface area contributed by atoms with Crippen LogP contribution in [-0.4, -0.2) is 79.9 Å². The number of nitrogens with one attached hydrogen (secondary N) is 1. The van der Waals surface area contributed by atoms with Crippen LogP contribution in [-0.2, 0) is 28.7 Å². The quantitative estimate of drug-likeness (QED) is 0.135. The summed E-state index contributed by atoms with van der Waals surface area (Å²) in [6.07, 6.45) is 2.05. The third-order valence-electron chi connectivity index (χ3n) is 3.05. The molecule has 0 spiro atoms. The number of hydrogen-bond acceptors (Lipinski definition) is 12. The lowest BCUT2D eigenvalue weighted by molar-refractivity contribution is -0.758. The second-order valence-corrected chi connectivity index (χ2v) is 6.20. The second kappa shape index (κ2) is 17.5. The molecule has 0 heterocycles.